The molecule has 4 heterocycles. The molecule has 0 atom stereocenters. The van der Waals surface area contributed by atoms with Gasteiger partial charge in [0.15, 0.2) is 4.96 Å². The zero-order chi connectivity index (χ0) is 16.4. The van der Waals surface area contributed by atoms with E-state index in [1.165, 1.54) is 11.3 Å². The number of amides is 1. The molecule has 0 aromatic carbocycles. The number of rotatable bonds is 5. The van der Waals surface area contributed by atoms with Crippen LogP contribution in [0, 0.1) is 0 Å². The van der Waals surface area contributed by atoms with Crippen molar-refractivity contribution in [3.63, 3.8) is 0 Å². The van der Waals surface area contributed by atoms with Crippen LogP contribution in [0.3, 0.4) is 0 Å². The molecule has 126 valence electrons. The van der Waals surface area contributed by atoms with E-state index in [2.05, 4.69) is 15.2 Å². The summed E-state index contributed by atoms with van der Waals surface area (Å²) in [6, 6.07) is 4.05. The van der Waals surface area contributed by atoms with E-state index in [0.717, 1.165) is 48.4 Å². The molecule has 1 amide bonds. The molecule has 0 spiro atoms. The summed E-state index contributed by atoms with van der Waals surface area (Å²) in [5, 5.41) is 6.90. The summed E-state index contributed by atoms with van der Waals surface area (Å²) in [7, 11) is 0. The second-order valence-corrected chi connectivity index (χ2v) is 7.37. The molecule has 3 aromatic heterocycles. The Hall–Kier alpha value is -1.74. The minimum atomic E-state index is -0.0513. The number of nitrogens with zero attached hydrogens (tertiary/aromatic N) is 3. The molecule has 1 fully saturated rings. The fourth-order valence-electron chi connectivity index (χ4n) is 2.73. The van der Waals surface area contributed by atoms with Crippen molar-refractivity contribution in [2.24, 2.45) is 0 Å². The van der Waals surface area contributed by atoms with E-state index in [0.29, 0.717) is 12.2 Å². The van der Waals surface area contributed by atoms with Crippen molar-refractivity contribution < 1.29 is 9.53 Å². The van der Waals surface area contributed by atoms with Gasteiger partial charge in [0.2, 0.25) is 0 Å². The van der Waals surface area contributed by atoms with E-state index < -0.39 is 0 Å². The minimum absolute atomic E-state index is 0.0513. The van der Waals surface area contributed by atoms with Crippen LogP contribution < -0.4 is 5.32 Å². The molecule has 0 radical (unpaired) electrons. The first-order valence-electron chi connectivity index (χ1n) is 7.90. The standard InChI is InChI=1S/C16H18N4O2S2/c21-15(17-3-4-19-5-7-22-8-6-19)13-11-24-16-18-12(10-20(13)16)14-2-1-9-23-14/h1-2,9-11H,3-8H2,(H,17,21). The molecule has 0 aliphatic carbocycles. The lowest BCUT2D eigenvalue weighted by Gasteiger charge is -2.26. The number of hydrogen-bond acceptors (Lipinski definition) is 6. The number of ether oxygens (including phenoxy) is 1. The van der Waals surface area contributed by atoms with Gasteiger partial charge in [-0.2, -0.15) is 0 Å². The molecule has 0 unspecified atom stereocenters. The first-order valence-corrected chi connectivity index (χ1v) is 9.66. The van der Waals surface area contributed by atoms with Crippen LogP contribution in [0.2, 0.25) is 0 Å². The number of nitrogens with one attached hydrogen (secondary N) is 1. The lowest BCUT2D eigenvalue weighted by molar-refractivity contribution is 0.0383. The molecule has 1 N–H and O–H groups in total. The molecule has 4 rings (SSSR count). The first kappa shape index (κ1) is 15.8. The smallest absolute Gasteiger partial charge is 0.269 e. The normalized spacial score (nSPS) is 15.8. The average Bonchev–Trinajstić information content (AvgIpc) is 3.31. The largest absolute Gasteiger partial charge is 0.379 e. The Kier molecular flexibility index (Phi) is 4.61. The van der Waals surface area contributed by atoms with Gasteiger partial charge in [0.05, 0.1) is 18.1 Å². The maximum absolute atomic E-state index is 12.5. The Morgan fingerprint density at radius 1 is 1.33 bits per heavy atom. The quantitative estimate of drug-likeness (QED) is 0.756. The maximum Gasteiger partial charge on any atom is 0.269 e. The minimum Gasteiger partial charge on any atom is -0.379 e. The lowest BCUT2D eigenvalue weighted by Crippen LogP contribution is -2.41. The third-order valence-electron chi connectivity index (χ3n) is 4.03. The Morgan fingerprint density at radius 3 is 3.00 bits per heavy atom. The predicted molar refractivity (Wildman–Crippen MR) is 96.0 cm³/mol. The van der Waals surface area contributed by atoms with E-state index in [1.807, 2.05) is 33.5 Å². The Balaban J connectivity index is 1.42. The number of thiophene rings is 1. The van der Waals surface area contributed by atoms with Crippen molar-refractivity contribution in [1.82, 2.24) is 19.6 Å². The van der Waals surface area contributed by atoms with Crippen LogP contribution in [0.15, 0.2) is 29.1 Å². The predicted octanol–water partition coefficient (Wildman–Crippen LogP) is 2.19. The summed E-state index contributed by atoms with van der Waals surface area (Å²) in [4.78, 5) is 21.3. The van der Waals surface area contributed by atoms with Gasteiger partial charge >= 0.3 is 0 Å². The highest BCUT2D eigenvalue weighted by molar-refractivity contribution is 7.15. The summed E-state index contributed by atoms with van der Waals surface area (Å²) in [5.74, 6) is -0.0513. The van der Waals surface area contributed by atoms with Crippen LogP contribution in [0.1, 0.15) is 10.5 Å². The third-order valence-corrected chi connectivity index (χ3v) is 5.76. The Bertz CT molecular complexity index is 818. The second-order valence-electron chi connectivity index (χ2n) is 5.59. The Labute approximate surface area is 147 Å². The number of imidazole rings is 1. The van der Waals surface area contributed by atoms with Crippen LogP contribution in [0.5, 0.6) is 0 Å². The maximum atomic E-state index is 12.5. The molecule has 0 bridgehead atoms. The topological polar surface area (TPSA) is 58.9 Å². The van der Waals surface area contributed by atoms with E-state index in [1.54, 1.807) is 11.3 Å². The first-order chi connectivity index (χ1) is 11.8. The summed E-state index contributed by atoms with van der Waals surface area (Å²) in [6.07, 6.45) is 1.94. The molecule has 3 aromatic rings. The number of carbonyl (C=O) groups excluding carboxylic acids is 1. The number of hydrogen-bond donors (Lipinski definition) is 1. The highest BCUT2D eigenvalue weighted by Crippen LogP contribution is 2.26. The summed E-state index contributed by atoms with van der Waals surface area (Å²) in [5.41, 5.74) is 1.56. The van der Waals surface area contributed by atoms with Crippen molar-refractivity contribution in [1.29, 1.82) is 0 Å². The molecule has 1 aliphatic rings. The van der Waals surface area contributed by atoms with Crippen LogP contribution in [0.25, 0.3) is 15.5 Å². The molecular weight excluding hydrogens is 344 g/mol. The van der Waals surface area contributed by atoms with Gasteiger partial charge in [0, 0.05) is 37.8 Å². The van der Waals surface area contributed by atoms with Crippen molar-refractivity contribution in [3.8, 4) is 10.6 Å². The molecule has 0 saturated carbocycles. The van der Waals surface area contributed by atoms with Crippen LogP contribution in [-0.2, 0) is 4.74 Å². The molecular formula is C16H18N4O2S2. The third kappa shape index (κ3) is 3.23. The van der Waals surface area contributed by atoms with E-state index in [-0.39, 0.29) is 5.91 Å². The van der Waals surface area contributed by atoms with Crippen molar-refractivity contribution in [2.75, 3.05) is 39.4 Å². The molecule has 1 saturated heterocycles. The lowest BCUT2D eigenvalue weighted by atomic mass is 10.3. The number of aromatic nitrogens is 2. The van der Waals surface area contributed by atoms with Gasteiger partial charge in [-0.15, -0.1) is 22.7 Å². The number of carbonyl (C=O) groups is 1. The van der Waals surface area contributed by atoms with E-state index >= 15 is 0 Å². The molecule has 8 heteroatoms. The Morgan fingerprint density at radius 2 is 2.21 bits per heavy atom. The van der Waals surface area contributed by atoms with Gasteiger partial charge in [-0.25, -0.2) is 4.98 Å². The monoisotopic (exact) mass is 362 g/mol. The van der Waals surface area contributed by atoms with Crippen LogP contribution in [-0.4, -0.2) is 59.6 Å². The van der Waals surface area contributed by atoms with Crippen LogP contribution >= 0.6 is 22.7 Å². The van der Waals surface area contributed by atoms with Gasteiger partial charge in [0.25, 0.3) is 5.91 Å². The van der Waals surface area contributed by atoms with Gasteiger partial charge in [-0.05, 0) is 11.4 Å². The SMILES string of the molecule is O=C(NCCN1CCOCC1)c1csc2nc(-c3cccs3)cn12. The van der Waals surface area contributed by atoms with Gasteiger partial charge in [0.1, 0.15) is 11.4 Å². The van der Waals surface area contributed by atoms with Gasteiger partial charge in [-0.3, -0.25) is 14.1 Å². The van der Waals surface area contributed by atoms with Gasteiger partial charge < -0.3 is 10.1 Å². The summed E-state index contributed by atoms with van der Waals surface area (Å²) < 4.78 is 7.21. The molecule has 6 nitrogen and oxygen atoms in total. The fourth-order valence-corrected chi connectivity index (χ4v) is 4.27. The van der Waals surface area contributed by atoms with Crippen molar-refractivity contribution in [2.45, 2.75) is 0 Å². The zero-order valence-corrected chi connectivity index (χ0v) is 14.7. The van der Waals surface area contributed by atoms with Crippen LogP contribution in [0.4, 0.5) is 0 Å². The highest BCUT2D eigenvalue weighted by Gasteiger charge is 2.16. The second kappa shape index (κ2) is 7.02. The molecule has 1 aliphatic heterocycles. The summed E-state index contributed by atoms with van der Waals surface area (Å²) in [6.45, 7) is 4.92. The fraction of sp³-hybridized carbons (Fsp3) is 0.375. The number of fused-ring (bicyclic) bond motifs is 1. The van der Waals surface area contributed by atoms with E-state index in [9.17, 15) is 4.79 Å². The average molecular weight is 362 g/mol. The zero-order valence-electron chi connectivity index (χ0n) is 13.1. The van der Waals surface area contributed by atoms with E-state index in [4.69, 9.17) is 4.74 Å². The van der Waals surface area contributed by atoms with Crippen molar-refractivity contribution in [3.05, 3.63) is 34.8 Å². The van der Waals surface area contributed by atoms with Gasteiger partial charge in [-0.1, -0.05) is 6.07 Å². The van der Waals surface area contributed by atoms with Crippen molar-refractivity contribution >= 4 is 33.5 Å². The number of morpholine rings is 1. The summed E-state index contributed by atoms with van der Waals surface area (Å²) >= 11 is 3.14. The molecule has 24 heavy (non-hydrogen) atoms. The number of thiazole rings is 1. The highest BCUT2D eigenvalue weighted by atomic mass is 32.1.